The number of benzene rings is 2. The Morgan fingerprint density at radius 3 is 1.10 bits per heavy atom. The van der Waals surface area contributed by atoms with Crippen LogP contribution in [0.15, 0.2) is 219 Å². The molecule has 113 heavy (non-hydrogen) atoms. The molecule has 0 aliphatic heterocycles. The number of terminal acetylenes is 2. The lowest BCUT2D eigenvalue weighted by atomic mass is 9.53. The van der Waals surface area contributed by atoms with Crippen LogP contribution in [-0.2, 0) is 36.5 Å². The molecule has 0 radical (unpaired) electrons. The zero-order valence-corrected chi connectivity index (χ0v) is 71.8. The van der Waals surface area contributed by atoms with Crippen LogP contribution in [0.25, 0.3) is 0 Å². The molecular weight excluding hydrogens is 1480 g/mol. The Balaban J connectivity index is 0.000000330. The number of halogens is 3. The van der Waals surface area contributed by atoms with Gasteiger partial charge in [-0.15, -0.1) is 12.8 Å². The van der Waals surface area contributed by atoms with Crippen LogP contribution < -0.4 is 4.74 Å². The van der Waals surface area contributed by atoms with E-state index >= 15 is 0 Å². The van der Waals surface area contributed by atoms with E-state index in [1.165, 1.54) is 22.3 Å². The minimum atomic E-state index is -1.67. The number of rotatable bonds is 40. The number of aromatic hydroxyl groups is 1. The molecule has 4 N–H and O–H groups in total. The van der Waals surface area contributed by atoms with E-state index in [0.29, 0.717) is 59.8 Å². The molecule has 2 aromatic rings. The molecule has 10 atom stereocenters. The lowest BCUT2D eigenvalue weighted by Crippen LogP contribution is -2.50. The van der Waals surface area contributed by atoms with E-state index in [0.717, 1.165) is 212 Å². The van der Waals surface area contributed by atoms with E-state index < -0.39 is 26.4 Å². The van der Waals surface area contributed by atoms with Crippen LogP contribution in [0.1, 0.15) is 287 Å². The number of carbonyl (C=O) groups is 3. The van der Waals surface area contributed by atoms with Crippen molar-refractivity contribution in [2.45, 2.75) is 289 Å². The van der Waals surface area contributed by atoms with E-state index in [4.69, 9.17) is 38.5 Å². The molecule has 8 rings (SSSR count). The predicted molar refractivity (Wildman–Crippen MR) is 480 cm³/mol. The van der Waals surface area contributed by atoms with E-state index in [1.54, 1.807) is 0 Å². The maximum atomic E-state index is 12.5. The van der Waals surface area contributed by atoms with Gasteiger partial charge in [0.25, 0.3) is 0 Å². The fourth-order valence-corrected chi connectivity index (χ4v) is 17.2. The highest BCUT2D eigenvalue weighted by Crippen LogP contribution is 2.66. The monoisotopic (exact) mass is 1620 g/mol. The van der Waals surface area contributed by atoms with Gasteiger partial charge < -0.3 is 25.2 Å². The van der Waals surface area contributed by atoms with Crippen molar-refractivity contribution >= 4 is 59.4 Å². The zero-order chi connectivity index (χ0) is 82.3. The first-order valence-corrected chi connectivity index (χ1v) is 45.3. The van der Waals surface area contributed by atoms with Gasteiger partial charge in [-0.3, -0.25) is 14.4 Å². The Morgan fingerprint density at radius 1 is 0.460 bits per heavy atom. The summed E-state index contributed by atoms with van der Waals surface area (Å²) in [5.74, 6) is 8.92. The first-order chi connectivity index (χ1) is 54.7. The van der Waals surface area contributed by atoms with Crippen LogP contribution in [0.2, 0.25) is 0 Å². The molecule has 9 nitrogen and oxygen atoms in total. The third-order valence-corrected chi connectivity index (χ3v) is 23.3. The Hall–Kier alpha value is -6.99. The molecule has 616 valence electrons. The Labute approximate surface area is 698 Å². The van der Waals surface area contributed by atoms with Gasteiger partial charge in [0, 0.05) is 51.5 Å². The number of ether oxygens (including phenoxy) is 1. The number of aliphatic carboxylic acids is 1. The fourth-order valence-electron chi connectivity index (χ4n) is 17.1. The molecule has 6 aliphatic rings. The van der Waals surface area contributed by atoms with Crippen LogP contribution in [0.4, 0.5) is 0 Å². The van der Waals surface area contributed by atoms with Crippen molar-refractivity contribution in [3.05, 3.63) is 241 Å². The maximum absolute atomic E-state index is 12.5. The van der Waals surface area contributed by atoms with Gasteiger partial charge in [-0.1, -0.05) is 241 Å². The van der Waals surface area contributed by atoms with Gasteiger partial charge in [-0.25, -0.2) is 4.21 Å². The number of unbranched alkanes of at least 4 members (excludes halogenated alkanes) is 3. The molecule has 0 bridgehead atoms. The first-order valence-electron chi connectivity index (χ1n) is 42.1. The molecule has 13 heteroatoms. The number of aryl methyl sites for hydroxylation is 2. The number of fused-ring (bicyclic) bond motifs is 10. The standard InChI is InChI=1S/C40H52O3.C20H29ClO.C20H24O2.C20H30O2.Cl2OS/c1-4-6-7-8-9-10-11-12-13-14-15-16-17-18-19-20-21-22-38(41)43-33-24-26-34-32(31-33)23-25-36-35(34)27-29-39(3)37(36)28-30-40(39,42)5-2;1-2-3-4-5-6-7-8-9-10-11-12-13-14-15-16-17-18-19-20(21)22;1-3-20(22)11-9-18-17-6-4-13-12-14(21)5-7-15(13)16(17)8-10-19(18,20)2;1-2-3-4-5-6-7-8-9-10-11-12-13-14-15-16-17-18-19-20(21)22;1-4(2)3/h2,6-7,9-10,12-13,15-16,18-19,24,26,31,35-37,42H,4,8,11,14,17,20-23,25,27-30H2,1,3H3;3-4,6-7,9-10,12-13,15-16H,2,5,8,11,14,17-19H2,1H3;1,5,7,12,16-18,21-22H,4,6,8-11H2,2H3;3-4,6-7,9-10,12-13,15-16H,2,5,8,11,14,17-19H2,1H3,(H,21,22);/b7-6-,10-9-,13-12-,16-15-,19-18-;4-3-,7-6-,10-9-,13-12-,16-15-;;4-3-,7-6-,10-9-,13-12-,16-15-;/t35-,36-,37+,39+,40+;;16-,17-,18+,19+,20+;;/m1.1../s1. The van der Waals surface area contributed by atoms with E-state index in [-0.39, 0.29) is 28.5 Å². The van der Waals surface area contributed by atoms with Crippen LogP contribution in [0.5, 0.6) is 11.5 Å². The van der Waals surface area contributed by atoms with E-state index in [1.807, 2.05) is 18.2 Å². The number of esters is 1. The summed E-state index contributed by atoms with van der Waals surface area (Å²) >= 11 is 5.26. The molecule has 0 heterocycles. The lowest BCUT2D eigenvalue weighted by Gasteiger charge is -2.52. The minimum Gasteiger partial charge on any atom is -0.508 e. The van der Waals surface area contributed by atoms with Gasteiger partial charge in [-0.05, 0) is 306 Å². The maximum Gasteiger partial charge on any atom is 0.311 e. The number of carboxylic acids is 1. The summed E-state index contributed by atoms with van der Waals surface area (Å²) in [6.07, 6.45) is 110. The summed E-state index contributed by atoms with van der Waals surface area (Å²) in [5, 5.41) is 40.0. The van der Waals surface area contributed by atoms with Crippen molar-refractivity contribution in [2.75, 3.05) is 0 Å². The lowest BCUT2D eigenvalue weighted by molar-refractivity contribution is -0.137. The summed E-state index contributed by atoms with van der Waals surface area (Å²) in [4.78, 5) is 33.3. The van der Waals surface area contributed by atoms with Crippen LogP contribution in [0, 0.1) is 59.2 Å². The second-order valence-electron chi connectivity index (χ2n) is 30.8. The first kappa shape index (κ1) is 98.4. The molecule has 0 aromatic heterocycles. The number of hydrogen-bond donors (Lipinski definition) is 4. The van der Waals surface area contributed by atoms with E-state index in [9.17, 15) is 29.7 Å². The molecule has 6 aliphatic carbocycles. The normalized spacial score (nSPS) is 24.5. The molecule has 0 spiro atoms. The van der Waals surface area contributed by atoms with Crippen molar-refractivity contribution in [1.29, 1.82) is 0 Å². The average Bonchev–Trinajstić information content (AvgIpc) is 1.60. The number of phenols is 1. The van der Waals surface area contributed by atoms with Crippen molar-refractivity contribution in [1.82, 2.24) is 0 Å². The van der Waals surface area contributed by atoms with Crippen molar-refractivity contribution in [2.24, 2.45) is 34.5 Å². The quantitative estimate of drug-likeness (QED) is 0.0127. The zero-order valence-electron chi connectivity index (χ0n) is 68.7. The van der Waals surface area contributed by atoms with Crippen LogP contribution in [0.3, 0.4) is 0 Å². The van der Waals surface area contributed by atoms with Crippen molar-refractivity contribution < 1.29 is 43.8 Å². The predicted octanol–water partition coefficient (Wildman–Crippen LogP) is 27.1. The highest BCUT2D eigenvalue weighted by molar-refractivity contribution is 8.26. The van der Waals surface area contributed by atoms with Crippen LogP contribution >= 0.6 is 33.0 Å². The largest absolute Gasteiger partial charge is 0.508 e. The molecule has 0 unspecified atom stereocenters. The van der Waals surface area contributed by atoms with Crippen molar-refractivity contribution in [3.63, 3.8) is 0 Å². The number of carboxylic acid groups (broad SMARTS) is 1. The number of carbonyl (C=O) groups excluding carboxylic acids is 2. The number of aliphatic hydroxyl groups is 2. The van der Waals surface area contributed by atoms with Crippen LogP contribution in [-0.4, -0.2) is 53.0 Å². The summed E-state index contributed by atoms with van der Waals surface area (Å²) < 4.78 is 14.8. The Bertz CT molecular complexity index is 3650. The molecule has 4 saturated carbocycles. The summed E-state index contributed by atoms with van der Waals surface area (Å²) in [5.41, 5.74) is 3.28. The van der Waals surface area contributed by atoms with Gasteiger partial charge in [-0.2, -0.15) is 0 Å². The van der Waals surface area contributed by atoms with Gasteiger partial charge in [0.2, 0.25) is 14.5 Å². The molecule has 0 amide bonds. The third-order valence-electron chi connectivity index (χ3n) is 23.2. The smallest absolute Gasteiger partial charge is 0.311 e. The van der Waals surface area contributed by atoms with Gasteiger partial charge in [0.15, 0.2) is 0 Å². The van der Waals surface area contributed by atoms with Gasteiger partial charge in [0.1, 0.15) is 22.7 Å². The number of hydrogen-bond acceptors (Lipinski definition) is 8. The second kappa shape index (κ2) is 58.0. The Kier molecular flexibility index (Phi) is 50.4. The topological polar surface area (TPSA) is 158 Å². The fraction of sp³-hybridized carbons (Fsp3) is 0.510. The summed E-state index contributed by atoms with van der Waals surface area (Å²) in [6, 6.07) is 12.1. The number of phenolic OH excluding ortho intramolecular Hbond substituents is 1. The minimum absolute atomic E-state index is 0.128. The molecule has 4 fully saturated rings. The summed E-state index contributed by atoms with van der Waals surface area (Å²) in [7, 11) is 7.36. The summed E-state index contributed by atoms with van der Waals surface area (Å²) in [6.45, 7) is 10.9. The Morgan fingerprint density at radius 2 is 0.770 bits per heavy atom. The highest BCUT2D eigenvalue weighted by atomic mass is 36.0. The number of allylic oxidation sites excluding steroid dienone is 30. The van der Waals surface area contributed by atoms with Gasteiger partial charge >= 0.3 is 11.9 Å². The molecule has 2 aromatic carbocycles. The van der Waals surface area contributed by atoms with Crippen molar-refractivity contribution in [3.8, 4) is 36.2 Å². The highest BCUT2D eigenvalue weighted by Gasteiger charge is 2.62. The third kappa shape index (κ3) is 36.8. The van der Waals surface area contributed by atoms with Gasteiger partial charge in [0.05, 0.1) is 0 Å². The average molecular weight is 1620 g/mol. The molecule has 0 saturated heterocycles. The second-order valence-corrected chi connectivity index (χ2v) is 33.7. The SMILES string of the molecule is C#C[C@]1(O)CC[C@H]2[C@@H]3CCc4cc(O)ccc4[C@H]3CC[C@@]21C.C#C[C@]1(O)CC[C@H]2[C@@H]3CCc4cc(OC(=O)CCC/C=C\C/C=C\C/C=C\C/C=C\C/C=C\CC)ccc4[C@H]3CC[C@@]21C.CC/C=C\C/C=C\C/C=C\C/C=C\C/C=C\CCCC(=O)Cl.CC/C=C\C/C=C\C/C=C\C/C=C\C/C=C\CCCC(=O)O.O=S(Cl)Cl. The van der Waals surface area contributed by atoms with E-state index in [2.05, 4.69) is 268 Å². The molecular formula is C100H135Cl3O9S.